The molecule has 1 spiro atoms. The van der Waals surface area contributed by atoms with Gasteiger partial charge in [0, 0.05) is 24.2 Å². The molecular formula is C21H22N6O2. The van der Waals surface area contributed by atoms with Gasteiger partial charge in [-0.05, 0) is 43.5 Å². The second kappa shape index (κ2) is 6.66. The average molecular weight is 390 g/mol. The molecule has 2 fully saturated rings. The predicted octanol–water partition coefficient (Wildman–Crippen LogP) is 2.13. The van der Waals surface area contributed by atoms with Crippen LogP contribution in [0.1, 0.15) is 29.6 Å². The fraction of sp³-hybridized carbons (Fsp3) is 0.333. The predicted molar refractivity (Wildman–Crippen MR) is 110 cm³/mol. The smallest absolute Gasteiger partial charge is 0.248 e. The number of hydrogen-bond acceptors (Lipinski definition) is 7. The Labute approximate surface area is 167 Å². The summed E-state index contributed by atoms with van der Waals surface area (Å²) in [6, 6.07) is 10.8. The highest BCUT2D eigenvalue weighted by atomic mass is 16.5. The van der Waals surface area contributed by atoms with Gasteiger partial charge < -0.3 is 21.1 Å². The molecule has 4 N–H and O–H groups in total. The molecule has 1 amide bonds. The van der Waals surface area contributed by atoms with Crippen molar-refractivity contribution in [2.45, 2.75) is 24.9 Å². The molecule has 148 valence electrons. The van der Waals surface area contributed by atoms with Crippen LogP contribution in [-0.4, -0.2) is 46.2 Å². The molecular weight excluding hydrogens is 368 g/mol. The summed E-state index contributed by atoms with van der Waals surface area (Å²) in [7, 11) is 0. The van der Waals surface area contributed by atoms with E-state index in [1.807, 2.05) is 18.2 Å². The number of aromatic nitrogens is 3. The number of benzene rings is 1. The third-order valence-electron chi connectivity index (χ3n) is 5.82. The molecule has 29 heavy (non-hydrogen) atoms. The van der Waals surface area contributed by atoms with Crippen LogP contribution in [0.2, 0.25) is 0 Å². The quantitative estimate of drug-likeness (QED) is 0.703. The molecule has 8 nitrogen and oxygen atoms in total. The molecule has 5 rings (SSSR count). The third-order valence-corrected chi connectivity index (χ3v) is 5.82. The highest BCUT2D eigenvalue weighted by Crippen LogP contribution is 2.39. The maximum absolute atomic E-state index is 11.5. The van der Waals surface area contributed by atoms with Crippen LogP contribution in [0.5, 0.6) is 0 Å². The SMILES string of the molecule is NC(=O)c1cccc(-c2ccc3c(N)nc(N4CCOC5(CCC5)C4)nc3n2)c1. The van der Waals surface area contributed by atoms with E-state index in [2.05, 4.69) is 9.88 Å². The topological polar surface area (TPSA) is 120 Å². The number of nitrogens with two attached hydrogens (primary N) is 2. The van der Waals surface area contributed by atoms with Crippen LogP contribution in [0, 0.1) is 0 Å². The summed E-state index contributed by atoms with van der Waals surface area (Å²) in [5.41, 5.74) is 14.0. The average Bonchev–Trinajstić information content (AvgIpc) is 2.72. The number of primary amides is 1. The first-order valence-electron chi connectivity index (χ1n) is 9.76. The van der Waals surface area contributed by atoms with Gasteiger partial charge >= 0.3 is 0 Å². The highest BCUT2D eigenvalue weighted by Gasteiger charge is 2.42. The summed E-state index contributed by atoms with van der Waals surface area (Å²) in [4.78, 5) is 27.6. The van der Waals surface area contributed by atoms with E-state index in [1.54, 1.807) is 18.2 Å². The summed E-state index contributed by atoms with van der Waals surface area (Å²) in [6.45, 7) is 2.17. The summed E-state index contributed by atoms with van der Waals surface area (Å²) in [6.07, 6.45) is 3.35. The second-order valence-electron chi connectivity index (χ2n) is 7.73. The fourth-order valence-corrected chi connectivity index (χ4v) is 4.04. The number of pyridine rings is 1. The van der Waals surface area contributed by atoms with Gasteiger partial charge in [-0.2, -0.15) is 9.97 Å². The molecule has 3 heterocycles. The number of rotatable bonds is 3. The van der Waals surface area contributed by atoms with Crippen molar-refractivity contribution >= 4 is 28.7 Å². The maximum atomic E-state index is 11.5. The van der Waals surface area contributed by atoms with Crippen LogP contribution < -0.4 is 16.4 Å². The Morgan fingerprint density at radius 1 is 1.14 bits per heavy atom. The number of nitrogens with zero attached hydrogens (tertiary/aromatic N) is 4. The van der Waals surface area contributed by atoms with Crippen molar-refractivity contribution in [3.8, 4) is 11.3 Å². The van der Waals surface area contributed by atoms with E-state index in [0.717, 1.165) is 31.5 Å². The van der Waals surface area contributed by atoms with Gasteiger partial charge in [-0.3, -0.25) is 4.79 Å². The lowest BCUT2D eigenvalue weighted by Crippen LogP contribution is -2.56. The zero-order valence-electron chi connectivity index (χ0n) is 16.0. The van der Waals surface area contributed by atoms with E-state index < -0.39 is 5.91 Å². The fourth-order valence-electron chi connectivity index (χ4n) is 4.04. The number of hydrogen-bond donors (Lipinski definition) is 2. The molecule has 0 radical (unpaired) electrons. The van der Waals surface area contributed by atoms with Crippen LogP contribution >= 0.6 is 0 Å². The molecule has 0 bridgehead atoms. The Hall–Kier alpha value is -3.26. The van der Waals surface area contributed by atoms with Crippen molar-refractivity contribution in [1.82, 2.24) is 15.0 Å². The van der Waals surface area contributed by atoms with Gasteiger partial charge in [0.05, 0.1) is 23.3 Å². The molecule has 0 atom stereocenters. The minimum absolute atomic E-state index is 0.0597. The zero-order valence-corrected chi connectivity index (χ0v) is 16.0. The Kier molecular flexibility index (Phi) is 4.09. The number of fused-ring (bicyclic) bond motifs is 1. The molecule has 0 unspecified atom stereocenters. The number of ether oxygens (including phenoxy) is 1. The Morgan fingerprint density at radius 3 is 2.76 bits per heavy atom. The van der Waals surface area contributed by atoms with E-state index in [-0.39, 0.29) is 5.60 Å². The minimum Gasteiger partial charge on any atom is -0.383 e. The van der Waals surface area contributed by atoms with Crippen LogP contribution in [0.15, 0.2) is 36.4 Å². The van der Waals surface area contributed by atoms with Crippen LogP contribution in [-0.2, 0) is 4.74 Å². The summed E-state index contributed by atoms with van der Waals surface area (Å²) < 4.78 is 6.00. The number of nitrogen functional groups attached to an aromatic ring is 1. The summed E-state index contributed by atoms with van der Waals surface area (Å²) in [5, 5.41) is 0.704. The number of carbonyl (C=O) groups excluding carboxylic acids is 1. The molecule has 1 saturated heterocycles. The second-order valence-corrected chi connectivity index (χ2v) is 7.73. The Bertz CT molecular complexity index is 1110. The van der Waals surface area contributed by atoms with Gasteiger partial charge in [0.2, 0.25) is 11.9 Å². The van der Waals surface area contributed by atoms with Crippen molar-refractivity contribution in [2.75, 3.05) is 30.3 Å². The maximum Gasteiger partial charge on any atom is 0.248 e. The van der Waals surface area contributed by atoms with Crippen molar-refractivity contribution in [3.05, 3.63) is 42.0 Å². The van der Waals surface area contributed by atoms with Crippen LogP contribution in [0.4, 0.5) is 11.8 Å². The molecule has 1 saturated carbocycles. The monoisotopic (exact) mass is 390 g/mol. The largest absolute Gasteiger partial charge is 0.383 e. The van der Waals surface area contributed by atoms with Gasteiger partial charge in [0.1, 0.15) is 5.82 Å². The number of anilines is 2. The van der Waals surface area contributed by atoms with Gasteiger partial charge in [-0.1, -0.05) is 12.1 Å². The molecule has 1 aliphatic carbocycles. The van der Waals surface area contributed by atoms with Crippen molar-refractivity contribution in [3.63, 3.8) is 0 Å². The van der Waals surface area contributed by atoms with Gasteiger partial charge in [0.25, 0.3) is 0 Å². The highest BCUT2D eigenvalue weighted by molar-refractivity contribution is 5.94. The molecule has 1 aliphatic heterocycles. The van der Waals surface area contributed by atoms with Crippen molar-refractivity contribution in [1.29, 1.82) is 0 Å². The summed E-state index contributed by atoms with van der Waals surface area (Å²) in [5.74, 6) is 0.517. The lowest BCUT2D eigenvalue weighted by atomic mass is 9.79. The third kappa shape index (κ3) is 3.15. The van der Waals surface area contributed by atoms with Gasteiger partial charge in [-0.25, -0.2) is 4.98 Å². The van der Waals surface area contributed by atoms with E-state index in [1.165, 1.54) is 6.42 Å². The molecule has 1 aromatic carbocycles. The van der Waals surface area contributed by atoms with E-state index in [4.69, 9.17) is 26.2 Å². The van der Waals surface area contributed by atoms with Crippen molar-refractivity contribution in [2.24, 2.45) is 5.73 Å². The van der Waals surface area contributed by atoms with Crippen LogP contribution in [0.3, 0.4) is 0 Å². The number of carbonyl (C=O) groups is 1. The zero-order chi connectivity index (χ0) is 20.0. The summed E-state index contributed by atoms with van der Waals surface area (Å²) >= 11 is 0. The van der Waals surface area contributed by atoms with Crippen LogP contribution in [0.25, 0.3) is 22.3 Å². The molecule has 8 heteroatoms. The first kappa shape index (κ1) is 17.8. The van der Waals surface area contributed by atoms with Gasteiger partial charge in [-0.15, -0.1) is 0 Å². The first-order chi connectivity index (χ1) is 14.0. The number of morpholine rings is 1. The lowest BCUT2D eigenvalue weighted by molar-refractivity contribution is -0.107. The normalized spacial score (nSPS) is 18.0. The first-order valence-corrected chi connectivity index (χ1v) is 9.76. The van der Waals surface area contributed by atoms with E-state index in [9.17, 15) is 4.79 Å². The molecule has 2 aliphatic rings. The minimum atomic E-state index is -0.473. The Balaban J connectivity index is 1.53. The van der Waals surface area contributed by atoms with Gasteiger partial charge in [0.15, 0.2) is 5.65 Å². The number of amides is 1. The van der Waals surface area contributed by atoms with Crippen molar-refractivity contribution < 1.29 is 9.53 Å². The van der Waals surface area contributed by atoms with E-state index in [0.29, 0.717) is 40.7 Å². The Morgan fingerprint density at radius 2 is 2.00 bits per heavy atom. The lowest BCUT2D eigenvalue weighted by Gasteiger charge is -2.48. The molecule has 2 aromatic heterocycles. The standard InChI is InChI=1S/C21H22N6O2/c22-17-15-5-6-16(13-3-1-4-14(11-13)18(23)28)24-19(15)26-20(25-17)27-9-10-29-21(12-27)7-2-8-21/h1,3-6,11H,2,7-10,12H2,(H2,23,28)(H2,22,24,25,26). The molecule has 3 aromatic rings. The van der Waals surface area contributed by atoms with E-state index >= 15 is 0 Å².